The molecule has 4 aromatic rings. The predicted molar refractivity (Wildman–Crippen MR) is 102 cm³/mol. The molecule has 26 heavy (non-hydrogen) atoms. The Labute approximate surface area is 158 Å². The summed E-state index contributed by atoms with van der Waals surface area (Å²) in [4.78, 5) is 12.8. The summed E-state index contributed by atoms with van der Waals surface area (Å²) >= 11 is 7.21. The number of benzene rings is 2. The molecule has 4 rings (SSSR count). The van der Waals surface area contributed by atoms with E-state index in [-0.39, 0.29) is 5.91 Å². The number of carbonyl (C=O) groups is 1. The van der Waals surface area contributed by atoms with E-state index in [1.165, 1.54) is 11.3 Å². The first-order chi connectivity index (χ1) is 12.7. The topological polar surface area (TPSA) is 72.7 Å². The molecule has 2 aromatic heterocycles. The Balaban J connectivity index is 1.77. The maximum Gasteiger partial charge on any atom is 0.276 e. The molecule has 128 valence electrons. The summed E-state index contributed by atoms with van der Waals surface area (Å²) in [7, 11) is 0. The fourth-order valence-corrected chi connectivity index (χ4v) is 3.03. The van der Waals surface area contributed by atoms with Crippen LogP contribution in [0.1, 0.15) is 10.5 Å². The van der Waals surface area contributed by atoms with E-state index in [9.17, 15) is 4.79 Å². The van der Waals surface area contributed by atoms with Crippen LogP contribution in [0.5, 0.6) is 0 Å². The molecule has 6 nitrogen and oxygen atoms in total. The first-order valence-corrected chi connectivity index (χ1v) is 8.95. The normalized spacial score (nSPS) is 10.7. The summed E-state index contributed by atoms with van der Waals surface area (Å²) in [5.41, 5.74) is 4.29. The van der Waals surface area contributed by atoms with E-state index in [2.05, 4.69) is 20.6 Å². The van der Waals surface area contributed by atoms with Crippen molar-refractivity contribution in [2.24, 2.45) is 0 Å². The number of nitrogens with zero attached hydrogens (tertiary/aromatic N) is 4. The summed E-state index contributed by atoms with van der Waals surface area (Å²) in [5, 5.41) is 16.0. The fraction of sp³-hybridized carbons (Fsp3) is 0. The van der Waals surface area contributed by atoms with Gasteiger partial charge in [0.05, 0.1) is 11.4 Å². The molecule has 0 saturated heterocycles. The number of para-hydroxylation sites is 1. The number of rotatable bonds is 4. The minimum absolute atomic E-state index is 0.307. The number of hydrogen-bond donors (Lipinski definition) is 1. The molecule has 0 unspecified atom stereocenters. The minimum Gasteiger partial charge on any atom is -0.295 e. The number of halogens is 1. The zero-order chi connectivity index (χ0) is 17.9. The molecular formula is C18H12ClN5OS. The second-order valence-electron chi connectivity index (χ2n) is 5.37. The molecule has 0 saturated carbocycles. The first kappa shape index (κ1) is 16.4. The van der Waals surface area contributed by atoms with Gasteiger partial charge < -0.3 is 0 Å². The summed E-state index contributed by atoms with van der Waals surface area (Å²) in [6.07, 6.45) is 0. The minimum atomic E-state index is -0.307. The molecule has 0 atom stereocenters. The molecule has 0 aliphatic heterocycles. The zero-order valence-corrected chi connectivity index (χ0v) is 14.9. The van der Waals surface area contributed by atoms with Crippen LogP contribution in [0.15, 0.2) is 66.2 Å². The molecule has 0 spiro atoms. The van der Waals surface area contributed by atoms with Crippen molar-refractivity contribution in [1.82, 2.24) is 20.0 Å². The number of amides is 1. The molecule has 1 amide bonds. The maximum atomic E-state index is 12.8. The Morgan fingerprint density at radius 3 is 2.54 bits per heavy atom. The first-order valence-electron chi connectivity index (χ1n) is 7.69. The van der Waals surface area contributed by atoms with Gasteiger partial charge in [-0.1, -0.05) is 53.3 Å². The second kappa shape index (κ2) is 7.07. The maximum absolute atomic E-state index is 12.8. The van der Waals surface area contributed by atoms with Crippen molar-refractivity contribution >= 4 is 34.0 Å². The smallest absolute Gasteiger partial charge is 0.276 e. The monoisotopic (exact) mass is 381 g/mol. The van der Waals surface area contributed by atoms with Gasteiger partial charge in [-0.05, 0) is 30.3 Å². The van der Waals surface area contributed by atoms with Crippen molar-refractivity contribution in [3.8, 4) is 16.9 Å². The Morgan fingerprint density at radius 1 is 1.08 bits per heavy atom. The highest BCUT2D eigenvalue weighted by Crippen LogP contribution is 2.24. The number of nitrogens with one attached hydrogen (secondary N) is 1. The molecule has 2 aromatic carbocycles. The van der Waals surface area contributed by atoms with Crippen LogP contribution < -0.4 is 5.32 Å². The van der Waals surface area contributed by atoms with Gasteiger partial charge in [0.2, 0.25) is 5.13 Å². The van der Waals surface area contributed by atoms with Gasteiger partial charge in [-0.3, -0.25) is 10.1 Å². The molecule has 2 heterocycles. The van der Waals surface area contributed by atoms with Crippen LogP contribution in [-0.2, 0) is 0 Å². The fourth-order valence-electron chi connectivity index (χ4n) is 2.46. The van der Waals surface area contributed by atoms with Crippen LogP contribution in [0.2, 0.25) is 5.02 Å². The van der Waals surface area contributed by atoms with Crippen molar-refractivity contribution in [3.63, 3.8) is 0 Å². The van der Waals surface area contributed by atoms with Crippen molar-refractivity contribution in [1.29, 1.82) is 0 Å². The third-order valence-corrected chi connectivity index (χ3v) is 4.52. The summed E-state index contributed by atoms with van der Waals surface area (Å²) in [6.45, 7) is 0. The SMILES string of the molecule is O=C(Nc1nncs1)c1cc(-c2ccc(Cl)cc2)nn1-c1ccccc1. The van der Waals surface area contributed by atoms with E-state index >= 15 is 0 Å². The molecule has 0 aliphatic rings. The second-order valence-corrected chi connectivity index (χ2v) is 6.64. The van der Waals surface area contributed by atoms with E-state index < -0.39 is 0 Å². The lowest BCUT2D eigenvalue weighted by Crippen LogP contribution is -2.16. The van der Waals surface area contributed by atoms with Gasteiger partial charge >= 0.3 is 0 Å². The van der Waals surface area contributed by atoms with E-state index in [1.807, 2.05) is 42.5 Å². The zero-order valence-electron chi connectivity index (χ0n) is 13.3. The van der Waals surface area contributed by atoms with Gasteiger partial charge in [0.1, 0.15) is 11.2 Å². The molecular weight excluding hydrogens is 370 g/mol. The number of carbonyl (C=O) groups excluding carboxylic acids is 1. The van der Waals surface area contributed by atoms with Gasteiger partial charge in [-0.15, -0.1) is 10.2 Å². The predicted octanol–water partition coefficient (Wildman–Crippen LogP) is 4.30. The molecule has 0 radical (unpaired) electrons. The average molecular weight is 382 g/mol. The highest BCUT2D eigenvalue weighted by Gasteiger charge is 2.18. The van der Waals surface area contributed by atoms with Crippen LogP contribution in [0, 0.1) is 0 Å². The van der Waals surface area contributed by atoms with Crippen LogP contribution >= 0.6 is 22.9 Å². The summed E-state index contributed by atoms with van der Waals surface area (Å²) in [6, 6.07) is 18.5. The Hall–Kier alpha value is -3.03. The quantitative estimate of drug-likeness (QED) is 0.572. The van der Waals surface area contributed by atoms with Crippen LogP contribution in [0.3, 0.4) is 0 Å². The Bertz CT molecular complexity index is 1030. The third kappa shape index (κ3) is 3.35. The van der Waals surface area contributed by atoms with Crippen LogP contribution in [0.4, 0.5) is 5.13 Å². The van der Waals surface area contributed by atoms with Crippen molar-refractivity contribution in [2.75, 3.05) is 5.32 Å². The van der Waals surface area contributed by atoms with Gasteiger partial charge in [0.25, 0.3) is 5.91 Å². The molecule has 0 bridgehead atoms. The lowest BCUT2D eigenvalue weighted by molar-refractivity contribution is 0.101. The molecule has 8 heteroatoms. The van der Waals surface area contributed by atoms with E-state index in [0.717, 1.165) is 11.3 Å². The standard InChI is InChI=1S/C18H12ClN5OS/c19-13-8-6-12(7-9-13)15-10-16(17(25)21-18-22-20-11-26-18)24(23-15)14-4-2-1-3-5-14/h1-11H,(H,21,22,25). The average Bonchev–Trinajstić information content (AvgIpc) is 3.33. The van der Waals surface area contributed by atoms with Gasteiger partial charge in [0.15, 0.2) is 0 Å². The third-order valence-electron chi connectivity index (χ3n) is 3.66. The van der Waals surface area contributed by atoms with Crippen LogP contribution in [0.25, 0.3) is 16.9 Å². The van der Waals surface area contributed by atoms with E-state index in [0.29, 0.717) is 21.5 Å². The number of aromatic nitrogens is 4. The molecule has 1 N–H and O–H groups in total. The highest BCUT2D eigenvalue weighted by molar-refractivity contribution is 7.13. The van der Waals surface area contributed by atoms with Gasteiger partial charge in [0, 0.05) is 10.6 Å². The molecule has 0 aliphatic carbocycles. The van der Waals surface area contributed by atoms with Crippen molar-refractivity contribution < 1.29 is 4.79 Å². The Morgan fingerprint density at radius 2 is 1.85 bits per heavy atom. The molecule has 0 fully saturated rings. The van der Waals surface area contributed by atoms with E-state index in [4.69, 9.17) is 11.6 Å². The lowest BCUT2D eigenvalue weighted by atomic mass is 10.1. The highest BCUT2D eigenvalue weighted by atomic mass is 35.5. The van der Waals surface area contributed by atoms with Crippen LogP contribution in [-0.4, -0.2) is 25.9 Å². The Kier molecular flexibility index (Phi) is 4.47. The largest absolute Gasteiger partial charge is 0.295 e. The summed E-state index contributed by atoms with van der Waals surface area (Å²) in [5.74, 6) is -0.307. The number of anilines is 1. The van der Waals surface area contributed by atoms with Gasteiger partial charge in [-0.25, -0.2) is 4.68 Å². The van der Waals surface area contributed by atoms with Crippen molar-refractivity contribution in [2.45, 2.75) is 0 Å². The van der Waals surface area contributed by atoms with Crippen molar-refractivity contribution in [3.05, 3.63) is 76.9 Å². The van der Waals surface area contributed by atoms with E-state index in [1.54, 1.807) is 28.4 Å². The summed E-state index contributed by atoms with van der Waals surface area (Å²) < 4.78 is 1.61. The number of hydrogen-bond acceptors (Lipinski definition) is 5. The van der Waals surface area contributed by atoms with Gasteiger partial charge in [-0.2, -0.15) is 5.10 Å². The lowest BCUT2D eigenvalue weighted by Gasteiger charge is -2.06.